The quantitative estimate of drug-likeness (QED) is 0.500. The van der Waals surface area contributed by atoms with Crippen molar-refractivity contribution in [2.24, 2.45) is 0 Å². The van der Waals surface area contributed by atoms with Crippen LogP contribution < -0.4 is 0 Å². The van der Waals surface area contributed by atoms with E-state index in [-0.39, 0.29) is 18.0 Å². The molecular weight excluding hydrogens is 382 g/mol. The number of carbonyl (C=O) groups excluding carboxylic acids is 1. The van der Waals surface area contributed by atoms with Crippen molar-refractivity contribution >= 4 is 27.5 Å². The van der Waals surface area contributed by atoms with Crippen LogP contribution in [-0.2, 0) is 6.54 Å². The molecule has 0 bridgehead atoms. The van der Waals surface area contributed by atoms with Gasteiger partial charge in [-0.15, -0.1) is 0 Å². The molecule has 0 N–H and O–H groups in total. The van der Waals surface area contributed by atoms with Crippen LogP contribution >= 0.6 is 11.3 Å². The Morgan fingerprint density at radius 2 is 1.89 bits per heavy atom. The first kappa shape index (κ1) is 18.2. The summed E-state index contributed by atoms with van der Waals surface area (Å²) < 4.78 is 30.4. The standard InChI is InChI=1S/C20H16F2N4OS/c1-2-25(12-14-15(21)6-5-7-16(14)22)19(27)13-10-23-26(11-13)20-24-17-8-3-4-9-18(17)28-20/h3-11H,2,12H2,1H3. The van der Waals surface area contributed by atoms with Gasteiger partial charge in [0.1, 0.15) is 11.6 Å². The lowest BCUT2D eigenvalue weighted by Gasteiger charge is -2.20. The monoisotopic (exact) mass is 398 g/mol. The highest BCUT2D eigenvalue weighted by Crippen LogP contribution is 2.24. The highest BCUT2D eigenvalue weighted by Gasteiger charge is 2.20. The molecule has 0 atom stereocenters. The van der Waals surface area contributed by atoms with E-state index in [9.17, 15) is 13.6 Å². The molecule has 0 radical (unpaired) electrons. The number of fused-ring (bicyclic) bond motifs is 1. The molecule has 0 aliphatic heterocycles. The maximum absolute atomic E-state index is 13.9. The lowest BCUT2D eigenvalue weighted by molar-refractivity contribution is 0.0749. The number of rotatable bonds is 5. The van der Waals surface area contributed by atoms with Crippen LogP contribution in [0.2, 0.25) is 0 Å². The molecule has 8 heteroatoms. The topological polar surface area (TPSA) is 51.0 Å². The molecule has 2 heterocycles. The minimum atomic E-state index is -0.670. The van der Waals surface area contributed by atoms with Crippen molar-refractivity contribution in [2.75, 3.05) is 6.54 Å². The molecule has 4 aromatic rings. The van der Waals surface area contributed by atoms with Crippen molar-refractivity contribution < 1.29 is 13.6 Å². The van der Waals surface area contributed by atoms with Gasteiger partial charge in [-0.25, -0.2) is 18.4 Å². The summed E-state index contributed by atoms with van der Waals surface area (Å²) in [4.78, 5) is 18.7. The van der Waals surface area contributed by atoms with Crippen LogP contribution in [0.25, 0.3) is 15.3 Å². The Hall–Kier alpha value is -3.13. The molecule has 2 aromatic carbocycles. The SMILES string of the molecule is CCN(Cc1c(F)cccc1F)C(=O)c1cnn(-c2nc3ccccc3s2)c1. The van der Waals surface area contributed by atoms with Gasteiger partial charge in [0.2, 0.25) is 5.13 Å². The van der Waals surface area contributed by atoms with Crippen LogP contribution in [0.1, 0.15) is 22.8 Å². The predicted molar refractivity (Wildman–Crippen MR) is 104 cm³/mol. The zero-order valence-electron chi connectivity index (χ0n) is 15.0. The molecule has 0 saturated heterocycles. The van der Waals surface area contributed by atoms with E-state index in [1.807, 2.05) is 24.3 Å². The van der Waals surface area contributed by atoms with Crippen LogP contribution in [0.5, 0.6) is 0 Å². The molecule has 0 unspecified atom stereocenters. The van der Waals surface area contributed by atoms with E-state index in [4.69, 9.17) is 0 Å². The Balaban J connectivity index is 1.59. The van der Waals surface area contributed by atoms with Crippen LogP contribution in [0.4, 0.5) is 8.78 Å². The van der Waals surface area contributed by atoms with Gasteiger partial charge in [0.25, 0.3) is 5.91 Å². The first-order chi connectivity index (χ1) is 13.6. The fourth-order valence-corrected chi connectivity index (χ4v) is 3.78. The Labute approximate surface area is 163 Å². The molecule has 0 saturated carbocycles. The summed E-state index contributed by atoms with van der Waals surface area (Å²) in [6, 6.07) is 11.4. The third kappa shape index (κ3) is 3.38. The molecule has 0 spiro atoms. The van der Waals surface area contributed by atoms with E-state index in [2.05, 4.69) is 10.1 Å². The molecule has 0 fully saturated rings. The maximum atomic E-state index is 13.9. The van der Waals surface area contributed by atoms with Crippen LogP contribution in [0.3, 0.4) is 0 Å². The fourth-order valence-electron chi connectivity index (χ4n) is 2.88. The predicted octanol–water partition coefficient (Wildman–Crippen LogP) is 4.42. The third-order valence-corrected chi connectivity index (χ3v) is 5.41. The van der Waals surface area contributed by atoms with Crippen molar-refractivity contribution in [1.82, 2.24) is 19.7 Å². The van der Waals surface area contributed by atoms with E-state index in [1.54, 1.807) is 13.1 Å². The van der Waals surface area contributed by atoms with E-state index in [0.29, 0.717) is 17.2 Å². The van der Waals surface area contributed by atoms with E-state index in [0.717, 1.165) is 10.2 Å². The molecule has 0 aliphatic rings. The average molecular weight is 398 g/mol. The molecule has 5 nitrogen and oxygen atoms in total. The Bertz CT molecular complexity index is 1100. The number of nitrogens with zero attached hydrogens (tertiary/aromatic N) is 4. The minimum Gasteiger partial charge on any atom is -0.334 e. The summed E-state index contributed by atoms with van der Waals surface area (Å²) in [6.45, 7) is 1.91. The Morgan fingerprint density at radius 1 is 1.14 bits per heavy atom. The molecular formula is C20H16F2N4OS. The normalized spacial score (nSPS) is 11.1. The van der Waals surface area contributed by atoms with Gasteiger partial charge >= 0.3 is 0 Å². The number of para-hydroxylation sites is 1. The molecule has 28 heavy (non-hydrogen) atoms. The van der Waals surface area contributed by atoms with Gasteiger partial charge in [-0.1, -0.05) is 29.5 Å². The lowest BCUT2D eigenvalue weighted by Crippen LogP contribution is -2.30. The van der Waals surface area contributed by atoms with Gasteiger partial charge in [0.05, 0.1) is 28.5 Å². The van der Waals surface area contributed by atoms with E-state index >= 15 is 0 Å². The van der Waals surface area contributed by atoms with Crippen molar-refractivity contribution in [3.05, 3.63) is 77.6 Å². The summed E-state index contributed by atoms with van der Waals surface area (Å²) >= 11 is 1.46. The minimum absolute atomic E-state index is 0.128. The molecule has 1 amide bonds. The summed E-state index contributed by atoms with van der Waals surface area (Å²) in [5.74, 6) is -1.69. The molecule has 0 aliphatic carbocycles. The van der Waals surface area contributed by atoms with Gasteiger partial charge in [-0.2, -0.15) is 5.10 Å². The second kappa shape index (κ2) is 7.47. The number of hydrogen-bond donors (Lipinski definition) is 0. The number of thiazole rings is 1. The van der Waals surface area contributed by atoms with Crippen LogP contribution in [0, 0.1) is 11.6 Å². The number of halogens is 2. The van der Waals surface area contributed by atoms with Gasteiger partial charge in [0, 0.05) is 18.3 Å². The van der Waals surface area contributed by atoms with Gasteiger partial charge in [-0.05, 0) is 31.2 Å². The number of amides is 1. The number of carbonyl (C=O) groups is 1. The largest absolute Gasteiger partial charge is 0.334 e. The summed E-state index contributed by atoms with van der Waals surface area (Å²) in [7, 11) is 0. The molecule has 4 rings (SSSR count). The smallest absolute Gasteiger partial charge is 0.257 e. The highest BCUT2D eigenvalue weighted by atomic mass is 32.1. The second-order valence-corrected chi connectivity index (χ2v) is 7.17. The van der Waals surface area contributed by atoms with Crippen molar-refractivity contribution in [3.8, 4) is 5.13 Å². The fraction of sp³-hybridized carbons (Fsp3) is 0.150. The number of benzene rings is 2. The molecule has 142 valence electrons. The summed E-state index contributed by atoms with van der Waals surface area (Å²) in [6.07, 6.45) is 3.02. The van der Waals surface area contributed by atoms with Crippen LogP contribution in [-0.4, -0.2) is 32.1 Å². The first-order valence-electron chi connectivity index (χ1n) is 8.69. The average Bonchev–Trinajstić information content (AvgIpc) is 3.34. The van der Waals surface area contributed by atoms with Gasteiger partial charge in [-0.3, -0.25) is 4.79 Å². The van der Waals surface area contributed by atoms with Crippen molar-refractivity contribution in [1.29, 1.82) is 0 Å². The van der Waals surface area contributed by atoms with Gasteiger partial charge < -0.3 is 4.90 Å². The Kier molecular flexibility index (Phi) is 4.87. The number of hydrogen-bond acceptors (Lipinski definition) is 4. The van der Waals surface area contributed by atoms with Crippen molar-refractivity contribution in [2.45, 2.75) is 13.5 Å². The van der Waals surface area contributed by atoms with E-state index in [1.165, 1.54) is 45.3 Å². The van der Waals surface area contributed by atoms with Crippen molar-refractivity contribution in [3.63, 3.8) is 0 Å². The van der Waals surface area contributed by atoms with E-state index < -0.39 is 11.6 Å². The van der Waals surface area contributed by atoms with Crippen LogP contribution in [0.15, 0.2) is 54.9 Å². The Morgan fingerprint density at radius 3 is 2.61 bits per heavy atom. The lowest BCUT2D eigenvalue weighted by atomic mass is 10.1. The zero-order chi connectivity index (χ0) is 19.7. The number of aromatic nitrogens is 3. The summed E-state index contributed by atoms with van der Waals surface area (Å²) in [5, 5.41) is 4.87. The third-order valence-electron chi connectivity index (χ3n) is 4.39. The zero-order valence-corrected chi connectivity index (χ0v) is 15.8. The first-order valence-corrected chi connectivity index (χ1v) is 9.51. The second-order valence-electron chi connectivity index (χ2n) is 6.16. The highest BCUT2D eigenvalue weighted by molar-refractivity contribution is 7.20. The van der Waals surface area contributed by atoms with Gasteiger partial charge in [0.15, 0.2) is 0 Å². The maximum Gasteiger partial charge on any atom is 0.257 e. The molecule has 2 aromatic heterocycles. The summed E-state index contributed by atoms with van der Waals surface area (Å²) in [5.41, 5.74) is 1.06.